The third kappa shape index (κ3) is 4.25. The normalized spacial score (nSPS) is 12.5. The third-order valence-electron chi connectivity index (χ3n) is 2.17. The van der Waals surface area contributed by atoms with Crippen LogP contribution in [0.15, 0.2) is 6.07 Å². The lowest BCUT2D eigenvalue weighted by Crippen LogP contribution is -2.29. The van der Waals surface area contributed by atoms with Gasteiger partial charge in [0.2, 0.25) is 0 Å². The molecule has 0 aliphatic heterocycles. The van der Waals surface area contributed by atoms with Gasteiger partial charge in [0.1, 0.15) is 11.6 Å². The number of hydrogen-bond donors (Lipinski definition) is 2. The summed E-state index contributed by atoms with van der Waals surface area (Å²) in [6.45, 7) is 6.76. The van der Waals surface area contributed by atoms with Crippen molar-refractivity contribution in [3.8, 4) is 0 Å². The molecule has 0 aliphatic carbocycles. The second-order valence-electron chi connectivity index (χ2n) is 3.87. The molecule has 0 aliphatic rings. The SMILES string of the molecule is CCCC(N)CNc1cc(C)nc(C)n1. The first-order valence-corrected chi connectivity index (χ1v) is 5.43. The highest BCUT2D eigenvalue weighted by molar-refractivity contribution is 5.35. The van der Waals surface area contributed by atoms with Gasteiger partial charge in [0, 0.05) is 24.3 Å². The van der Waals surface area contributed by atoms with Crippen LogP contribution in [0.3, 0.4) is 0 Å². The summed E-state index contributed by atoms with van der Waals surface area (Å²) in [5, 5.41) is 3.23. The van der Waals surface area contributed by atoms with Crippen LogP contribution in [0.2, 0.25) is 0 Å². The molecule has 4 nitrogen and oxygen atoms in total. The van der Waals surface area contributed by atoms with Gasteiger partial charge in [0.15, 0.2) is 0 Å². The average molecular weight is 208 g/mol. The van der Waals surface area contributed by atoms with Gasteiger partial charge in [-0.15, -0.1) is 0 Å². The Morgan fingerprint density at radius 1 is 1.40 bits per heavy atom. The van der Waals surface area contributed by atoms with Crippen molar-refractivity contribution in [2.45, 2.75) is 39.7 Å². The smallest absolute Gasteiger partial charge is 0.129 e. The molecule has 1 aromatic rings. The topological polar surface area (TPSA) is 63.8 Å². The molecule has 0 spiro atoms. The molecular weight excluding hydrogens is 188 g/mol. The molecular formula is C11H20N4. The fourth-order valence-corrected chi connectivity index (χ4v) is 1.52. The first kappa shape index (κ1) is 11.9. The molecule has 0 radical (unpaired) electrons. The maximum absolute atomic E-state index is 5.90. The number of hydrogen-bond acceptors (Lipinski definition) is 4. The first-order chi connectivity index (χ1) is 7.11. The van der Waals surface area contributed by atoms with Crippen molar-refractivity contribution in [3.05, 3.63) is 17.6 Å². The van der Waals surface area contributed by atoms with Crippen LogP contribution in [-0.2, 0) is 0 Å². The Morgan fingerprint density at radius 2 is 2.13 bits per heavy atom. The van der Waals surface area contributed by atoms with E-state index in [4.69, 9.17) is 5.73 Å². The lowest BCUT2D eigenvalue weighted by molar-refractivity contribution is 0.626. The molecule has 0 saturated carbocycles. The Kier molecular flexibility index (Phi) is 4.49. The zero-order valence-corrected chi connectivity index (χ0v) is 9.75. The van der Waals surface area contributed by atoms with Crippen molar-refractivity contribution in [2.24, 2.45) is 5.73 Å². The average Bonchev–Trinajstić information content (AvgIpc) is 2.14. The molecule has 1 atom stereocenters. The van der Waals surface area contributed by atoms with Crippen molar-refractivity contribution >= 4 is 5.82 Å². The summed E-state index contributed by atoms with van der Waals surface area (Å²) in [4.78, 5) is 8.50. The quantitative estimate of drug-likeness (QED) is 0.772. The minimum atomic E-state index is 0.200. The predicted molar refractivity (Wildman–Crippen MR) is 62.9 cm³/mol. The molecule has 3 N–H and O–H groups in total. The standard InChI is InChI=1S/C11H20N4/c1-4-5-10(12)7-13-11-6-8(2)14-9(3)15-11/h6,10H,4-5,7,12H2,1-3H3,(H,13,14,15). The molecule has 1 aromatic heterocycles. The van der Waals surface area contributed by atoms with Crippen molar-refractivity contribution in [1.82, 2.24) is 9.97 Å². The van der Waals surface area contributed by atoms with Gasteiger partial charge >= 0.3 is 0 Å². The Bertz CT molecular complexity index is 291. The lowest BCUT2D eigenvalue weighted by Gasteiger charge is -2.12. The number of nitrogens with one attached hydrogen (secondary N) is 1. The number of rotatable bonds is 5. The van der Waals surface area contributed by atoms with E-state index in [1.165, 1.54) is 0 Å². The summed E-state index contributed by atoms with van der Waals surface area (Å²) < 4.78 is 0. The van der Waals surface area contributed by atoms with Gasteiger partial charge in [0.05, 0.1) is 0 Å². The van der Waals surface area contributed by atoms with Crippen LogP contribution in [0.1, 0.15) is 31.3 Å². The van der Waals surface area contributed by atoms with Gasteiger partial charge < -0.3 is 11.1 Å². The van der Waals surface area contributed by atoms with Gasteiger partial charge in [-0.2, -0.15) is 0 Å². The minimum Gasteiger partial charge on any atom is -0.368 e. The molecule has 0 amide bonds. The van der Waals surface area contributed by atoms with Crippen LogP contribution in [0, 0.1) is 13.8 Å². The maximum atomic E-state index is 5.90. The summed E-state index contributed by atoms with van der Waals surface area (Å²) in [7, 11) is 0. The van der Waals surface area contributed by atoms with Gasteiger partial charge in [-0.1, -0.05) is 13.3 Å². The van der Waals surface area contributed by atoms with E-state index in [1.54, 1.807) is 0 Å². The molecule has 0 fully saturated rings. The number of anilines is 1. The van der Waals surface area contributed by atoms with E-state index in [0.29, 0.717) is 0 Å². The number of aryl methyl sites for hydroxylation is 2. The Labute approximate surface area is 91.3 Å². The zero-order chi connectivity index (χ0) is 11.3. The lowest BCUT2D eigenvalue weighted by atomic mass is 10.2. The number of nitrogens with zero attached hydrogens (tertiary/aromatic N) is 2. The van der Waals surface area contributed by atoms with Gasteiger partial charge in [-0.25, -0.2) is 9.97 Å². The molecule has 15 heavy (non-hydrogen) atoms. The highest BCUT2D eigenvalue weighted by Crippen LogP contribution is 2.05. The van der Waals surface area contributed by atoms with Crippen LogP contribution in [0.5, 0.6) is 0 Å². The first-order valence-electron chi connectivity index (χ1n) is 5.43. The molecule has 0 aromatic carbocycles. The van der Waals surface area contributed by atoms with Crippen molar-refractivity contribution in [3.63, 3.8) is 0 Å². The summed E-state index contributed by atoms with van der Waals surface area (Å²) >= 11 is 0. The van der Waals surface area contributed by atoms with Crippen molar-refractivity contribution < 1.29 is 0 Å². The summed E-state index contributed by atoms with van der Waals surface area (Å²) in [5.74, 6) is 1.66. The van der Waals surface area contributed by atoms with Crippen LogP contribution in [0.25, 0.3) is 0 Å². The van der Waals surface area contributed by atoms with Gasteiger partial charge in [-0.3, -0.25) is 0 Å². The minimum absolute atomic E-state index is 0.200. The van der Waals surface area contributed by atoms with E-state index in [9.17, 15) is 0 Å². The monoisotopic (exact) mass is 208 g/mol. The maximum Gasteiger partial charge on any atom is 0.129 e. The van der Waals surface area contributed by atoms with E-state index in [2.05, 4.69) is 22.2 Å². The number of aromatic nitrogens is 2. The summed E-state index contributed by atoms with van der Waals surface area (Å²) in [6, 6.07) is 2.14. The van der Waals surface area contributed by atoms with E-state index in [1.807, 2.05) is 19.9 Å². The highest BCUT2D eigenvalue weighted by atomic mass is 15.0. The van der Waals surface area contributed by atoms with Crippen LogP contribution in [-0.4, -0.2) is 22.6 Å². The van der Waals surface area contributed by atoms with Crippen molar-refractivity contribution in [1.29, 1.82) is 0 Å². The van der Waals surface area contributed by atoms with Gasteiger partial charge in [0.25, 0.3) is 0 Å². The predicted octanol–water partition coefficient (Wildman–Crippen LogP) is 1.63. The van der Waals surface area contributed by atoms with E-state index >= 15 is 0 Å². The molecule has 1 unspecified atom stereocenters. The molecule has 0 saturated heterocycles. The van der Waals surface area contributed by atoms with Gasteiger partial charge in [-0.05, 0) is 20.3 Å². The zero-order valence-electron chi connectivity index (χ0n) is 9.75. The Morgan fingerprint density at radius 3 is 2.73 bits per heavy atom. The molecule has 1 rings (SSSR count). The van der Waals surface area contributed by atoms with E-state index in [0.717, 1.165) is 36.7 Å². The van der Waals surface area contributed by atoms with Crippen LogP contribution >= 0.6 is 0 Å². The van der Waals surface area contributed by atoms with Crippen molar-refractivity contribution in [2.75, 3.05) is 11.9 Å². The Hall–Kier alpha value is -1.16. The fraction of sp³-hybridized carbons (Fsp3) is 0.636. The largest absolute Gasteiger partial charge is 0.368 e. The molecule has 4 heteroatoms. The third-order valence-corrected chi connectivity index (χ3v) is 2.17. The summed E-state index contributed by atoms with van der Waals surface area (Å²) in [5.41, 5.74) is 6.88. The molecule has 0 bridgehead atoms. The van der Waals surface area contributed by atoms with Crippen LogP contribution in [0.4, 0.5) is 5.82 Å². The Balaban J connectivity index is 2.50. The van der Waals surface area contributed by atoms with E-state index < -0.39 is 0 Å². The second-order valence-corrected chi connectivity index (χ2v) is 3.87. The van der Waals surface area contributed by atoms with E-state index in [-0.39, 0.29) is 6.04 Å². The summed E-state index contributed by atoms with van der Waals surface area (Å²) in [6.07, 6.45) is 2.15. The fourth-order valence-electron chi connectivity index (χ4n) is 1.52. The highest BCUT2D eigenvalue weighted by Gasteiger charge is 2.02. The molecule has 84 valence electrons. The molecule has 1 heterocycles. The number of nitrogens with two attached hydrogens (primary N) is 1. The second kappa shape index (κ2) is 5.66. The van der Waals surface area contributed by atoms with Crippen LogP contribution < -0.4 is 11.1 Å².